The number of fused-ring (bicyclic) bond motifs is 7. The lowest BCUT2D eigenvalue weighted by Crippen LogP contribution is -2.15. The molecule has 276 valence electrons. The lowest BCUT2D eigenvalue weighted by molar-refractivity contribution is 0.660. The lowest BCUT2D eigenvalue weighted by Gasteiger charge is -2.21. The van der Waals surface area contributed by atoms with E-state index in [2.05, 4.69) is 177 Å². The average molecular weight is 746 g/mol. The van der Waals surface area contributed by atoms with Gasteiger partial charge in [-0.25, -0.2) is 19.9 Å². The third-order valence-electron chi connectivity index (χ3n) is 12.0. The molecule has 0 fully saturated rings. The minimum Gasteiger partial charge on any atom is -0.296 e. The van der Waals surface area contributed by atoms with Crippen molar-refractivity contribution in [2.45, 2.75) is 32.6 Å². The van der Waals surface area contributed by atoms with Crippen LogP contribution in [0.2, 0.25) is 0 Å². The monoisotopic (exact) mass is 745 g/mol. The lowest BCUT2D eigenvalue weighted by atomic mass is 9.82. The summed E-state index contributed by atoms with van der Waals surface area (Å²) >= 11 is 0. The molecule has 1 aliphatic rings. The van der Waals surface area contributed by atoms with Gasteiger partial charge in [0.1, 0.15) is 5.82 Å². The summed E-state index contributed by atoms with van der Waals surface area (Å²) in [7, 11) is 0. The van der Waals surface area contributed by atoms with E-state index >= 15 is 0 Å². The fourth-order valence-corrected chi connectivity index (χ4v) is 9.11. The number of hydrogen-bond donors (Lipinski definition) is 0. The number of hydrogen-bond acceptors (Lipinski definition) is 4. The highest BCUT2D eigenvalue weighted by molar-refractivity contribution is 6.14. The van der Waals surface area contributed by atoms with E-state index in [1.165, 1.54) is 43.8 Å². The van der Waals surface area contributed by atoms with Crippen molar-refractivity contribution in [1.29, 1.82) is 0 Å². The van der Waals surface area contributed by atoms with Crippen LogP contribution in [-0.2, 0) is 11.8 Å². The molecule has 0 radical (unpaired) electrons. The number of nitrogens with zero attached hydrogens (tertiary/aromatic N) is 5. The molecule has 1 aliphatic carbocycles. The maximum atomic E-state index is 5.35. The Hall–Kier alpha value is -7.24. The normalized spacial score (nSPS) is 12.9. The molecule has 0 aliphatic heterocycles. The first-order chi connectivity index (χ1) is 28.4. The summed E-state index contributed by atoms with van der Waals surface area (Å²) in [6.07, 6.45) is 0.778. The Morgan fingerprint density at radius 2 is 1.09 bits per heavy atom. The molecule has 0 atom stereocenters. The van der Waals surface area contributed by atoms with Crippen molar-refractivity contribution in [2.75, 3.05) is 0 Å². The van der Waals surface area contributed by atoms with E-state index in [-0.39, 0.29) is 5.41 Å². The topological polar surface area (TPSA) is 56.5 Å². The van der Waals surface area contributed by atoms with E-state index in [1.807, 2.05) is 18.2 Å². The van der Waals surface area contributed by atoms with Crippen LogP contribution in [0, 0.1) is 0 Å². The van der Waals surface area contributed by atoms with Gasteiger partial charge in [-0.3, -0.25) is 4.57 Å². The number of aromatic nitrogens is 5. The van der Waals surface area contributed by atoms with Crippen molar-refractivity contribution < 1.29 is 0 Å². The van der Waals surface area contributed by atoms with Crippen LogP contribution in [-0.4, -0.2) is 24.5 Å². The maximum Gasteiger partial charge on any atom is 0.164 e. The molecular formula is C53H39N5. The van der Waals surface area contributed by atoms with Crippen LogP contribution in [0.5, 0.6) is 0 Å². The SMILES string of the molecule is CCc1nc2ccccc2n1-c1cc(-c2nc(-c3ccccc3)nc(-c3ccc4c(c3)C(C)(C)c3ccccc3-4)n2)cc(-c2cc3ccccc3c3ccccc23)c1. The number of para-hydroxylation sites is 2. The zero-order chi connectivity index (χ0) is 39.0. The van der Waals surface area contributed by atoms with Gasteiger partial charge in [-0.2, -0.15) is 0 Å². The van der Waals surface area contributed by atoms with Gasteiger partial charge < -0.3 is 0 Å². The van der Waals surface area contributed by atoms with Gasteiger partial charge in [0.25, 0.3) is 0 Å². The molecule has 0 bridgehead atoms. The first-order valence-electron chi connectivity index (χ1n) is 20.0. The summed E-state index contributed by atoms with van der Waals surface area (Å²) in [5, 5.41) is 4.85. The van der Waals surface area contributed by atoms with Gasteiger partial charge in [0, 0.05) is 34.2 Å². The molecule has 2 heterocycles. The predicted octanol–water partition coefficient (Wildman–Crippen LogP) is 13.1. The van der Waals surface area contributed by atoms with Gasteiger partial charge in [-0.05, 0) is 97.4 Å². The summed E-state index contributed by atoms with van der Waals surface area (Å²) in [5.74, 6) is 2.89. The molecule has 0 saturated heterocycles. The summed E-state index contributed by atoms with van der Waals surface area (Å²) in [6, 6.07) is 60.5. The summed E-state index contributed by atoms with van der Waals surface area (Å²) in [6.45, 7) is 6.78. The van der Waals surface area contributed by atoms with E-state index in [1.54, 1.807) is 0 Å². The van der Waals surface area contributed by atoms with Crippen LogP contribution >= 0.6 is 0 Å². The highest BCUT2D eigenvalue weighted by Gasteiger charge is 2.35. The van der Waals surface area contributed by atoms with Gasteiger partial charge in [0.05, 0.1) is 11.0 Å². The van der Waals surface area contributed by atoms with Crippen molar-refractivity contribution in [1.82, 2.24) is 24.5 Å². The fraction of sp³-hybridized carbons (Fsp3) is 0.0943. The highest BCUT2D eigenvalue weighted by Crippen LogP contribution is 2.49. The Kier molecular flexibility index (Phi) is 7.73. The van der Waals surface area contributed by atoms with Gasteiger partial charge in [-0.1, -0.05) is 148 Å². The molecule has 8 aromatic carbocycles. The first kappa shape index (κ1) is 34.0. The van der Waals surface area contributed by atoms with E-state index in [4.69, 9.17) is 19.9 Å². The minimum atomic E-state index is -0.156. The summed E-state index contributed by atoms with van der Waals surface area (Å²) in [5.41, 5.74) is 13.1. The third kappa shape index (κ3) is 5.38. The minimum absolute atomic E-state index is 0.156. The smallest absolute Gasteiger partial charge is 0.164 e. The zero-order valence-electron chi connectivity index (χ0n) is 32.6. The Morgan fingerprint density at radius 1 is 0.448 bits per heavy atom. The molecule has 0 amide bonds. The molecule has 0 saturated carbocycles. The molecule has 2 aromatic heterocycles. The van der Waals surface area contributed by atoms with Crippen molar-refractivity contribution in [3.8, 4) is 62.1 Å². The van der Waals surface area contributed by atoms with E-state index < -0.39 is 0 Å². The maximum absolute atomic E-state index is 5.35. The van der Waals surface area contributed by atoms with Gasteiger partial charge in [0.15, 0.2) is 17.5 Å². The number of aryl methyl sites for hydroxylation is 1. The summed E-state index contributed by atoms with van der Waals surface area (Å²) < 4.78 is 2.30. The molecule has 11 rings (SSSR count). The second kappa shape index (κ2) is 13.2. The zero-order valence-corrected chi connectivity index (χ0v) is 32.6. The van der Waals surface area contributed by atoms with Crippen LogP contribution < -0.4 is 0 Å². The van der Waals surface area contributed by atoms with Crippen LogP contribution in [0.4, 0.5) is 0 Å². The Bertz CT molecular complexity index is 3250. The molecule has 5 heteroatoms. The number of imidazole rings is 1. The van der Waals surface area contributed by atoms with Crippen LogP contribution in [0.1, 0.15) is 37.7 Å². The van der Waals surface area contributed by atoms with E-state index in [0.29, 0.717) is 17.5 Å². The Balaban J connectivity index is 1.18. The molecule has 5 nitrogen and oxygen atoms in total. The van der Waals surface area contributed by atoms with Gasteiger partial charge in [0.2, 0.25) is 0 Å². The van der Waals surface area contributed by atoms with Gasteiger partial charge >= 0.3 is 0 Å². The Morgan fingerprint density at radius 3 is 1.91 bits per heavy atom. The summed E-state index contributed by atoms with van der Waals surface area (Å²) in [4.78, 5) is 20.9. The number of benzene rings is 8. The highest BCUT2D eigenvalue weighted by atomic mass is 15.1. The second-order valence-corrected chi connectivity index (χ2v) is 15.8. The predicted molar refractivity (Wildman–Crippen MR) is 238 cm³/mol. The molecule has 58 heavy (non-hydrogen) atoms. The van der Waals surface area contributed by atoms with E-state index in [0.717, 1.165) is 56.8 Å². The van der Waals surface area contributed by atoms with Crippen molar-refractivity contribution in [3.63, 3.8) is 0 Å². The largest absolute Gasteiger partial charge is 0.296 e. The molecule has 0 N–H and O–H groups in total. The van der Waals surface area contributed by atoms with Crippen molar-refractivity contribution >= 4 is 32.6 Å². The van der Waals surface area contributed by atoms with Crippen LogP contribution in [0.3, 0.4) is 0 Å². The Labute approximate surface area is 337 Å². The fourth-order valence-electron chi connectivity index (χ4n) is 9.11. The third-order valence-corrected chi connectivity index (χ3v) is 12.0. The second-order valence-electron chi connectivity index (χ2n) is 15.8. The standard InChI is InChI=1S/C53H39N5/c1-4-49-54-47-24-14-15-25-48(47)58(49)38-29-36(44-31-34-18-8-9-19-39(34)40-20-10-11-21-41(40)44)28-37(30-38)52-56-50(33-16-6-5-7-17-33)55-51(57-52)35-26-27-43-42-22-12-13-23-45(42)53(2,3)46(43)32-35/h5-32H,4H2,1-3H3. The van der Waals surface area contributed by atoms with Gasteiger partial charge in [-0.15, -0.1) is 0 Å². The average Bonchev–Trinajstić information content (AvgIpc) is 3.78. The quantitative estimate of drug-likeness (QED) is 0.159. The first-order valence-corrected chi connectivity index (χ1v) is 20.0. The number of rotatable bonds is 6. The molecule has 0 spiro atoms. The van der Waals surface area contributed by atoms with Crippen molar-refractivity contribution in [2.24, 2.45) is 0 Å². The van der Waals surface area contributed by atoms with Crippen LogP contribution in [0.25, 0.3) is 94.7 Å². The molecular weight excluding hydrogens is 707 g/mol. The van der Waals surface area contributed by atoms with Crippen molar-refractivity contribution in [3.05, 3.63) is 187 Å². The molecule has 0 unspecified atom stereocenters. The van der Waals surface area contributed by atoms with Crippen LogP contribution in [0.15, 0.2) is 170 Å². The molecule has 10 aromatic rings. The van der Waals surface area contributed by atoms with E-state index in [9.17, 15) is 0 Å².